The first-order chi connectivity index (χ1) is 15.9. The SMILES string of the molecule is CCOC(=O)[C@H](Cc1ccc(F)cc1)NC(=O)[C@@H](N)Cc1ccc(N(CCO)CCCl)cc1. The molecule has 0 fully saturated rings. The van der Waals surface area contributed by atoms with E-state index in [-0.39, 0.29) is 31.9 Å². The molecule has 0 aliphatic heterocycles. The first-order valence-corrected chi connectivity index (χ1v) is 11.4. The van der Waals surface area contributed by atoms with Crippen molar-refractivity contribution in [2.24, 2.45) is 5.73 Å². The lowest BCUT2D eigenvalue weighted by Gasteiger charge is -2.23. The van der Waals surface area contributed by atoms with Crippen LogP contribution in [0.5, 0.6) is 0 Å². The monoisotopic (exact) mass is 479 g/mol. The summed E-state index contributed by atoms with van der Waals surface area (Å²) < 4.78 is 18.2. The second-order valence-corrected chi connectivity index (χ2v) is 7.90. The molecule has 2 atom stereocenters. The van der Waals surface area contributed by atoms with Crippen LogP contribution < -0.4 is 16.0 Å². The number of ether oxygens (including phenoxy) is 1. The van der Waals surface area contributed by atoms with Crippen molar-refractivity contribution in [1.29, 1.82) is 0 Å². The predicted molar refractivity (Wildman–Crippen MR) is 127 cm³/mol. The summed E-state index contributed by atoms with van der Waals surface area (Å²) in [5, 5.41) is 11.9. The molecule has 180 valence electrons. The number of nitrogens with one attached hydrogen (secondary N) is 1. The van der Waals surface area contributed by atoms with E-state index < -0.39 is 24.0 Å². The van der Waals surface area contributed by atoms with Gasteiger partial charge in [0.2, 0.25) is 5.91 Å². The fourth-order valence-electron chi connectivity index (χ4n) is 3.35. The number of halogens is 2. The number of rotatable bonds is 13. The average Bonchev–Trinajstić information content (AvgIpc) is 2.80. The van der Waals surface area contributed by atoms with Gasteiger partial charge in [0.25, 0.3) is 0 Å². The molecule has 0 aliphatic rings. The Bertz CT molecular complexity index is 874. The minimum absolute atomic E-state index is 0.0171. The summed E-state index contributed by atoms with van der Waals surface area (Å²) in [5.74, 6) is -1.00. The van der Waals surface area contributed by atoms with Crippen LogP contribution in [0.2, 0.25) is 0 Å². The molecule has 9 heteroatoms. The van der Waals surface area contributed by atoms with Crippen LogP contribution in [-0.4, -0.2) is 61.2 Å². The molecule has 0 spiro atoms. The molecule has 0 heterocycles. The lowest BCUT2D eigenvalue weighted by Crippen LogP contribution is -2.50. The second-order valence-electron chi connectivity index (χ2n) is 7.52. The molecule has 0 saturated carbocycles. The maximum Gasteiger partial charge on any atom is 0.328 e. The average molecular weight is 480 g/mol. The zero-order chi connectivity index (χ0) is 24.2. The van der Waals surface area contributed by atoms with Crippen molar-refractivity contribution in [3.63, 3.8) is 0 Å². The number of hydrogen-bond acceptors (Lipinski definition) is 6. The first kappa shape index (κ1) is 26.6. The molecule has 0 unspecified atom stereocenters. The molecule has 0 bridgehead atoms. The zero-order valence-electron chi connectivity index (χ0n) is 18.7. The number of aliphatic hydroxyl groups is 1. The fraction of sp³-hybridized carbons (Fsp3) is 0.417. The minimum atomic E-state index is -0.932. The number of nitrogens with two attached hydrogens (primary N) is 1. The smallest absolute Gasteiger partial charge is 0.328 e. The van der Waals surface area contributed by atoms with Gasteiger partial charge in [-0.3, -0.25) is 4.79 Å². The van der Waals surface area contributed by atoms with Gasteiger partial charge in [0, 0.05) is 31.1 Å². The van der Waals surface area contributed by atoms with Crippen LogP contribution in [0.4, 0.5) is 10.1 Å². The number of carbonyl (C=O) groups is 2. The van der Waals surface area contributed by atoms with E-state index in [4.69, 9.17) is 22.1 Å². The highest BCUT2D eigenvalue weighted by Gasteiger charge is 2.25. The zero-order valence-corrected chi connectivity index (χ0v) is 19.4. The lowest BCUT2D eigenvalue weighted by molar-refractivity contribution is -0.147. The van der Waals surface area contributed by atoms with Crippen LogP contribution in [0.25, 0.3) is 0 Å². The molecule has 2 aromatic carbocycles. The van der Waals surface area contributed by atoms with Gasteiger partial charge in [0.15, 0.2) is 0 Å². The lowest BCUT2D eigenvalue weighted by atomic mass is 10.0. The number of carbonyl (C=O) groups excluding carboxylic acids is 2. The molecule has 0 aromatic heterocycles. The Labute approximate surface area is 198 Å². The summed E-state index contributed by atoms with van der Waals surface area (Å²) in [4.78, 5) is 27.0. The van der Waals surface area contributed by atoms with Gasteiger partial charge in [-0.1, -0.05) is 24.3 Å². The van der Waals surface area contributed by atoms with Gasteiger partial charge in [-0.15, -0.1) is 11.6 Å². The molecule has 4 N–H and O–H groups in total. The number of nitrogens with zero attached hydrogens (tertiary/aromatic N) is 1. The van der Waals surface area contributed by atoms with Gasteiger partial charge in [0.1, 0.15) is 11.9 Å². The number of amides is 1. The highest BCUT2D eigenvalue weighted by molar-refractivity contribution is 6.18. The summed E-state index contributed by atoms with van der Waals surface area (Å²) in [6.07, 6.45) is 0.432. The third-order valence-corrected chi connectivity index (χ3v) is 5.23. The molecule has 1 amide bonds. The molecule has 2 rings (SSSR count). The quantitative estimate of drug-likeness (QED) is 0.300. The Morgan fingerprint density at radius 1 is 1.09 bits per heavy atom. The van der Waals surface area contributed by atoms with Crippen LogP contribution in [0.15, 0.2) is 48.5 Å². The van der Waals surface area contributed by atoms with Gasteiger partial charge in [-0.05, 0) is 48.7 Å². The van der Waals surface area contributed by atoms with Crippen LogP contribution in [0.1, 0.15) is 18.1 Å². The van der Waals surface area contributed by atoms with E-state index in [1.54, 1.807) is 19.1 Å². The minimum Gasteiger partial charge on any atom is -0.464 e. The van der Waals surface area contributed by atoms with Gasteiger partial charge in [0.05, 0.1) is 19.3 Å². The molecule has 0 radical (unpaired) electrons. The third-order valence-electron chi connectivity index (χ3n) is 5.06. The van der Waals surface area contributed by atoms with E-state index in [0.717, 1.165) is 11.3 Å². The van der Waals surface area contributed by atoms with E-state index in [2.05, 4.69) is 5.32 Å². The molecular formula is C24H31ClFN3O4. The topological polar surface area (TPSA) is 105 Å². The number of hydrogen-bond donors (Lipinski definition) is 3. The summed E-state index contributed by atoms with van der Waals surface area (Å²) in [6.45, 7) is 2.94. The largest absolute Gasteiger partial charge is 0.464 e. The van der Waals surface area contributed by atoms with E-state index in [9.17, 15) is 19.1 Å². The van der Waals surface area contributed by atoms with Crippen molar-refractivity contribution in [1.82, 2.24) is 5.32 Å². The van der Waals surface area contributed by atoms with E-state index in [1.807, 2.05) is 29.2 Å². The third kappa shape index (κ3) is 8.64. The van der Waals surface area contributed by atoms with Gasteiger partial charge in [-0.25, -0.2) is 9.18 Å². The van der Waals surface area contributed by atoms with E-state index >= 15 is 0 Å². The van der Waals surface area contributed by atoms with Crippen molar-refractivity contribution >= 4 is 29.2 Å². The Balaban J connectivity index is 2.02. The Morgan fingerprint density at radius 3 is 2.27 bits per heavy atom. The van der Waals surface area contributed by atoms with Crippen molar-refractivity contribution in [2.45, 2.75) is 31.8 Å². The maximum atomic E-state index is 13.2. The molecule has 2 aromatic rings. The molecule has 0 saturated heterocycles. The highest BCUT2D eigenvalue weighted by Crippen LogP contribution is 2.16. The standard InChI is InChI=1S/C24H31ClFN3O4/c1-2-33-24(32)22(16-18-3-7-19(26)8-4-18)28-23(31)21(27)15-17-5-9-20(10-6-17)29(12-11-25)13-14-30/h3-10,21-22,30H,2,11-16,27H2,1H3,(H,28,31)/t21-,22-/m0/s1. The molecule has 0 aliphatic carbocycles. The number of benzene rings is 2. The van der Waals surface area contributed by atoms with E-state index in [0.29, 0.717) is 24.5 Å². The van der Waals surface area contributed by atoms with Gasteiger partial charge in [-0.2, -0.15) is 0 Å². The van der Waals surface area contributed by atoms with E-state index in [1.165, 1.54) is 12.1 Å². The van der Waals surface area contributed by atoms with Crippen LogP contribution in [0.3, 0.4) is 0 Å². The molecular weight excluding hydrogens is 449 g/mol. The van der Waals surface area contributed by atoms with Crippen molar-refractivity contribution in [3.8, 4) is 0 Å². The molecule has 7 nitrogen and oxygen atoms in total. The fourth-order valence-corrected chi connectivity index (χ4v) is 3.56. The number of anilines is 1. The first-order valence-electron chi connectivity index (χ1n) is 10.9. The summed E-state index contributed by atoms with van der Waals surface area (Å²) in [6, 6.07) is 11.4. The van der Waals surface area contributed by atoms with Gasteiger partial charge >= 0.3 is 5.97 Å². The highest BCUT2D eigenvalue weighted by atomic mass is 35.5. The summed E-state index contributed by atoms with van der Waals surface area (Å²) in [5.41, 5.74) is 8.55. The number of esters is 1. The van der Waals surface area contributed by atoms with Crippen molar-refractivity contribution in [2.75, 3.05) is 37.1 Å². The van der Waals surface area contributed by atoms with Crippen molar-refractivity contribution in [3.05, 3.63) is 65.5 Å². The van der Waals surface area contributed by atoms with Crippen LogP contribution in [-0.2, 0) is 27.2 Å². The predicted octanol–water partition coefficient (Wildman–Crippen LogP) is 2.02. The Kier molecular flexibility index (Phi) is 11.1. The Morgan fingerprint density at radius 2 is 1.70 bits per heavy atom. The van der Waals surface area contributed by atoms with Crippen molar-refractivity contribution < 1.29 is 23.8 Å². The normalized spacial score (nSPS) is 12.6. The van der Waals surface area contributed by atoms with Crippen LogP contribution in [0, 0.1) is 5.82 Å². The number of aliphatic hydroxyl groups excluding tert-OH is 1. The van der Waals surface area contributed by atoms with Crippen LogP contribution >= 0.6 is 11.6 Å². The molecule has 33 heavy (non-hydrogen) atoms. The maximum absolute atomic E-state index is 13.2. The second kappa shape index (κ2) is 13.8. The number of alkyl halides is 1. The summed E-state index contributed by atoms with van der Waals surface area (Å²) in [7, 11) is 0. The summed E-state index contributed by atoms with van der Waals surface area (Å²) >= 11 is 5.82. The Hall–Kier alpha value is -2.68. The van der Waals surface area contributed by atoms with Gasteiger partial charge < -0.3 is 25.8 Å².